The van der Waals surface area contributed by atoms with E-state index in [9.17, 15) is 4.79 Å². The molecule has 14 heavy (non-hydrogen) atoms. The lowest BCUT2D eigenvalue weighted by atomic mass is 9.94. The van der Waals surface area contributed by atoms with Gasteiger partial charge in [0, 0.05) is 19.0 Å². The summed E-state index contributed by atoms with van der Waals surface area (Å²) in [6, 6.07) is 0.341. The van der Waals surface area contributed by atoms with Crippen molar-refractivity contribution in [2.45, 2.75) is 45.6 Å². The van der Waals surface area contributed by atoms with E-state index in [4.69, 9.17) is 0 Å². The summed E-state index contributed by atoms with van der Waals surface area (Å²) in [4.78, 5) is 11.5. The monoisotopic (exact) mass is 198 g/mol. The lowest BCUT2D eigenvalue weighted by molar-refractivity contribution is -0.122. The van der Waals surface area contributed by atoms with E-state index in [1.54, 1.807) is 0 Å². The molecule has 0 aliphatic carbocycles. The third kappa shape index (κ3) is 3.66. The highest BCUT2D eigenvalue weighted by Crippen LogP contribution is 2.11. The molecule has 1 saturated heterocycles. The smallest absolute Gasteiger partial charge is 0.220 e. The van der Waals surface area contributed by atoms with Crippen molar-refractivity contribution in [3.63, 3.8) is 0 Å². The summed E-state index contributed by atoms with van der Waals surface area (Å²) in [5, 5.41) is 6.41. The molecule has 1 aliphatic rings. The summed E-state index contributed by atoms with van der Waals surface area (Å²) >= 11 is 0. The second-order valence-electron chi connectivity index (χ2n) is 4.25. The van der Waals surface area contributed by atoms with Crippen LogP contribution < -0.4 is 10.6 Å². The highest BCUT2D eigenvalue weighted by atomic mass is 16.1. The molecule has 3 heteroatoms. The van der Waals surface area contributed by atoms with Crippen molar-refractivity contribution in [2.24, 2.45) is 5.92 Å². The van der Waals surface area contributed by atoms with Gasteiger partial charge < -0.3 is 10.6 Å². The first-order valence-corrected chi connectivity index (χ1v) is 5.74. The van der Waals surface area contributed by atoms with Gasteiger partial charge in [-0.2, -0.15) is 0 Å². The van der Waals surface area contributed by atoms with E-state index in [1.807, 2.05) is 0 Å². The first-order chi connectivity index (χ1) is 6.74. The summed E-state index contributed by atoms with van der Waals surface area (Å²) in [6.07, 6.45) is 3.94. The maximum atomic E-state index is 11.5. The van der Waals surface area contributed by atoms with E-state index in [0.29, 0.717) is 18.4 Å². The molecular formula is C11H22N2O. The number of unbranched alkanes of at least 4 members (excludes halogenated alkanes) is 1. The molecule has 0 aromatic heterocycles. The molecule has 82 valence electrons. The summed E-state index contributed by atoms with van der Waals surface area (Å²) in [5.74, 6) is 0.828. The van der Waals surface area contributed by atoms with Crippen LogP contribution in [0.5, 0.6) is 0 Å². The van der Waals surface area contributed by atoms with Gasteiger partial charge >= 0.3 is 0 Å². The van der Waals surface area contributed by atoms with Crippen LogP contribution in [0.1, 0.15) is 39.5 Å². The second kappa shape index (κ2) is 6.02. The standard InChI is InChI=1S/C11H22N2O/c1-3-4-5-11(14)13-10-8-12-7-6-9(10)2/h9-10,12H,3-8H2,1-2H3,(H,13,14). The molecule has 1 heterocycles. The fourth-order valence-corrected chi connectivity index (χ4v) is 1.80. The Kier molecular flexibility index (Phi) is 4.94. The molecule has 0 saturated carbocycles. The Balaban J connectivity index is 2.23. The molecule has 2 atom stereocenters. The molecule has 2 N–H and O–H groups in total. The van der Waals surface area contributed by atoms with Gasteiger partial charge in [0.15, 0.2) is 0 Å². The van der Waals surface area contributed by atoms with E-state index < -0.39 is 0 Å². The molecule has 0 aromatic rings. The van der Waals surface area contributed by atoms with Gasteiger partial charge in [-0.3, -0.25) is 4.79 Å². The topological polar surface area (TPSA) is 41.1 Å². The van der Waals surface area contributed by atoms with Gasteiger partial charge in [0.25, 0.3) is 0 Å². The summed E-state index contributed by atoms with van der Waals surface area (Å²) < 4.78 is 0. The lowest BCUT2D eigenvalue weighted by Gasteiger charge is -2.30. The van der Waals surface area contributed by atoms with Crippen molar-refractivity contribution in [2.75, 3.05) is 13.1 Å². The second-order valence-corrected chi connectivity index (χ2v) is 4.25. The largest absolute Gasteiger partial charge is 0.352 e. The third-order valence-electron chi connectivity index (χ3n) is 2.93. The van der Waals surface area contributed by atoms with Crippen LogP contribution in [0.15, 0.2) is 0 Å². The van der Waals surface area contributed by atoms with E-state index in [1.165, 1.54) is 6.42 Å². The Morgan fingerprint density at radius 3 is 3.00 bits per heavy atom. The molecule has 0 aromatic carbocycles. The highest BCUT2D eigenvalue weighted by molar-refractivity contribution is 5.76. The minimum absolute atomic E-state index is 0.215. The molecule has 1 aliphatic heterocycles. The van der Waals surface area contributed by atoms with Gasteiger partial charge in [-0.1, -0.05) is 20.3 Å². The molecule has 0 radical (unpaired) electrons. The van der Waals surface area contributed by atoms with Crippen LogP contribution in [0.25, 0.3) is 0 Å². The number of rotatable bonds is 4. The summed E-state index contributed by atoms with van der Waals surface area (Å²) in [7, 11) is 0. The zero-order valence-corrected chi connectivity index (χ0v) is 9.31. The van der Waals surface area contributed by atoms with Crippen molar-refractivity contribution in [1.82, 2.24) is 10.6 Å². The van der Waals surface area contributed by atoms with Crippen molar-refractivity contribution in [1.29, 1.82) is 0 Å². The summed E-state index contributed by atoms with van der Waals surface area (Å²) in [5.41, 5.74) is 0. The van der Waals surface area contributed by atoms with Gasteiger partial charge in [0.1, 0.15) is 0 Å². The first-order valence-electron chi connectivity index (χ1n) is 5.74. The molecule has 3 nitrogen and oxygen atoms in total. The van der Waals surface area contributed by atoms with E-state index in [2.05, 4.69) is 24.5 Å². The predicted molar refractivity (Wildman–Crippen MR) is 58.1 cm³/mol. The van der Waals surface area contributed by atoms with Crippen LogP contribution in [0.4, 0.5) is 0 Å². The third-order valence-corrected chi connectivity index (χ3v) is 2.93. The fraction of sp³-hybridized carbons (Fsp3) is 0.909. The number of amides is 1. The normalized spacial score (nSPS) is 27.3. The van der Waals surface area contributed by atoms with Crippen LogP contribution in [-0.4, -0.2) is 25.0 Å². The SMILES string of the molecule is CCCCC(=O)NC1CNCCC1C. The number of hydrogen-bond donors (Lipinski definition) is 2. The molecule has 2 unspecified atom stereocenters. The average Bonchev–Trinajstić information content (AvgIpc) is 2.18. The van der Waals surface area contributed by atoms with Crippen molar-refractivity contribution in [3.05, 3.63) is 0 Å². The van der Waals surface area contributed by atoms with Crippen LogP contribution >= 0.6 is 0 Å². The van der Waals surface area contributed by atoms with Crippen molar-refractivity contribution < 1.29 is 4.79 Å². The average molecular weight is 198 g/mol. The number of hydrogen-bond acceptors (Lipinski definition) is 2. The van der Waals surface area contributed by atoms with Crippen LogP contribution in [-0.2, 0) is 4.79 Å². The molecule has 0 spiro atoms. The Morgan fingerprint density at radius 2 is 2.36 bits per heavy atom. The zero-order chi connectivity index (χ0) is 10.4. The maximum Gasteiger partial charge on any atom is 0.220 e. The molecule has 1 amide bonds. The van der Waals surface area contributed by atoms with E-state index in [0.717, 1.165) is 25.9 Å². The highest BCUT2D eigenvalue weighted by Gasteiger charge is 2.21. The predicted octanol–water partition coefficient (Wildman–Crippen LogP) is 1.29. The Bertz CT molecular complexity index is 182. The van der Waals surface area contributed by atoms with E-state index >= 15 is 0 Å². The molecule has 1 rings (SSSR count). The van der Waals surface area contributed by atoms with Gasteiger partial charge in [-0.05, 0) is 25.3 Å². The first kappa shape index (κ1) is 11.5. The Labute approximate surface area is 86.6 Å². The van der Waals surface area contributed by atoms with Crippen LogP contribution in [0.2, 0.25) is 0 Å². The Morgan fingerprint density at radius 1 is 1.57 bits per heavy atom. The van der Waals surface area contributed by atoms with Crippen LogP contribution in [0.3, 0.4) is 0 Å². The minimum atomic E-state index is 0.215. The zero-order valence-electron chi connectivity index (χ0n) is 9.31. The van der Waals surface area contributed by atoms with Crippen molar-refractivity contribution >= 4 is 5.91 Å². The van der Waals surface area contributed by atoms with Gasteiger partial charge in [-0.15, -0.1) is 0 Å². The molecule has 1 fully saturated rings. The molecular weight excluding hydrogens is 176 g/mol. The Hall–Kier alpha value is -0.570. The minimum Gasteiger partial charge on any atom is -0.352 e. The number of carbonyl (C=O) groups is 1. The van der Waals surface area contributed by atoms with Gasteiger partial charge in [0.05, 0.1) is 0 Å². The number of nitrogens with one attached hydrogen (secondary N) is 2. The number of carbonyl (C=O) groups excluding carboxylic acids is 1. The maximum absolute atomic E-state index is 11.5. The van der Waals surface area contributed by atoms with Gasteiger partial charge in [0.2, 0.25) is 5.91 Å². The summed E-state index contributed by atoms with van der Waals surface area (Å²) in [6.45, 7) is 6.34. The molecule has 0 bridgehead atoms. The van der Waals surface area contributed by atoms with Crippen LogP contribution in [0, 0.1) is 5.92 Å². The number of piperidine rings is 1. The van der Waals surface area contributed by atoms with Gasteiger partial charge in [-0.25, -0.2) is 0 Å². The fourth-order valence-electron chi connectivity index (χ4n) is 1.80. The van der Waals surface area contributed by atoms with E-state index in [-0.39, 0.29) is 5.91 Å². The lowest BCUT2D eigenvalue weighted by Crippen LogP contribution is -2.50. The van der Waals surface area contributed by atoms with Crippen molar-refractivity contribution in [3.8, 4) is 0 Å². The quantitative estimate of drug-likeness (QED) is 0.714.